The van der Waals surface area contributed by atoms with Crippen molar-refractivity contribution in [2.24, 2.45) is 5.73 Å². The summed E-state index contributed by atoms with van der Waals surface area (Å²) in [4.78, 5) is 43.3. The molecule has 0 aliphatic carbocycles. The average molecular weight is 256 g/mol. The molecule has 3 rings (SSSR count). The number of H-pyrrole nitrogens is 2. The topological polar surface area (TPSA) is 122 Å². The summed E-state index contributed by atoms with van der Waals surface area (Å²) in [6.07, 6.45) is 0. The van der Waals surface area contributed by atoms with Gasteiger partial charge in [-0.05, 0) is 6.07 Å². The molecule has 0 fully saturated rings. The van der Waals surface area contributed by atoms with Crippen molar-refractivity contribution in [3.8, 4) is 0 Å². The summed E-state index contributed by atoms with van der Waals surface area (Å²) >= 11 is 0. The first-order valence-electron chi connectivity index (χ1n) is 5.43. The van der Waals surface area contributed by atoms with Gasteiger partial charge in [0.05, 0.1) is 16.5 Å². The molecular formula is C12H8N4O3. The summed E-state index contributed by atoms with van der Waals surface area (Å²) in [7, 11) is 0. The molecule has 0 unspecified atom stereocenters. The number of amides is 1. The van der Waals surface area contributed by atoms with Gasteiger partial charge in [0.2, 0.25) is 5.91 Å². The van der Waals surface area contributed by atoms with Crippen LogP contribution in [0, 0.1) is 0 Å². The maximum atomic E-state index is 11.8. The monoisotopic (exact) mass is 256 g/mol. The molecule has 0 aliphatic rings. The van der Waals surface area contributed by atoms with Crippen molar-refractivity contribution < 1.29 is 4.79 Å². The standard InChI is InChI=1S/C12H8N4O3/c13-9(17)7-5-3-1-2-4-6(5)14-10-8(7)11(18)16-12(19)15-10/h1-4H,(H2,13,17)(H2,14,15,16,18,19). The van der Waals surface area contributed by atoms with Gasteiger partial charge >= 0.3 is 5.69 Å². The third kappa shape index (κ3) is 1.60. The Morgan fingerprint density at radius 1 is 1.16 bits per heavy atom. The van der Waals surface area contributed by atoms with Crippen LogP contribution in [0.15, 0.2) is 33.9 Å². The number of nitrogens with zero attached hydrogens (tertiary/aromatic N) is 1. The summed E-state index contributed by atoms with van der Waals surface area (Å²) in [5.41, 5.74) is 4.54. The van der Waals surface area contributed by atoms with E-state index in [4.69, 9.17) is 5.73 Å². The van der Waals surface area contributed by atoms with E-state index in [9.17, 15) is 14.4 Å². The zero-order valence-corrected chi connectivity index (χ0v) is 9.56. The van der Waals surface area contributed by atoms with Gasteiger partial charge in [0.25, 0.3) is 5.56 Å². The van der Waals surface area contributed by atoms with E-state index in [1.165, 1.54) is 0 Å². The number of carbonyl (C=O) groups is 1. The van der Waals surface area contributed by atoms with Crippen molar-refractivity contribution >= 4 is 27.8 Å². The molecule has 0 saturated carbocycles. The number of hydrogen-bond donors (Lipinski definition) is 3. The van der Waals surface area contributed by atoms with Gasteiger partial charge in [-0.1, -0.05) is 18.2 Å². The van der Waals surface area contributed by atoms with Crippen molar-refractivity contribution in [2.45, 2.75) is 0 Å². The Labute approximate surface area is 105 Å². The van der Waals surface area contributed by atoms with Crippen LogP contribution < -0.4 is 17.0 Å². The molecule has 2 heterocycles. The summed E-state index contributed by atoms with van der Waals surface area (Å²) in [6.45, 7) is 0. The molecule has 0 spiro atoms. The van der Waals surface area contributed by atoms with Crippen molar-refractivity contribution in [1.82, 2.24) is 15.0 Å². The highest BCUT2D eigenvalue weighted by atomic mass is 16.2. The van der Waals surface area contributed by atoms with Crippen LogP contribution in [0.2, 0.25) is 0 Å². The van der Waals surface area contributed by atoms with Crippen LogP contribution in [-0.2, 0) is 0 Å². The Kier molecular flexibility index (Phi) is 2.21. The van der Waals surface area contributed by atoms with Gasteiger partial charge in [0.1, 0.15) is 5.65 Å². The third-order valence-electron chi connectivity index (χ3n) is 2.82. The lowest BCUT2D eigenvalue weighted by molar-refractivity contribution is 0.100. The molecule has 7 nitrogen and oxygen atoms in total. The average Bonchev–Trinajstić information content (AvgIpc) is 2.35. The maximum absolute atomic E-state index is 11.8. The number of benzene rings is 1. The number of nitrogens with two attached hydrogens (primary N) is 1. The van der Waals surface area contributed by atoms with Gasteiger partial charge in [-0.3, -0.25) is 19.6 Å². The Morgan fingerprint density at radius 3 is 2.63 bits per heavy atom. The number of fused-ring (bicyclic) bond motifs is 2. The lowest BCUT2D eigenvalue weighted by Crippen LogP contribution is -2.25. The second kappa shape index (κ2) is 3.77. The van der Waals surface area contributed by atoms with Gasteiger partial charge in [0.15, 0.2) is 0 Å². The predicted molar refractivity (Wildman–Crippen MR) is 69.0 cm³/mol. The van der Waals surface area contributed by atoms with Crippen LogP contribution in [0.5, 0.6) is 0 Å². The van der Waals surface area contributed by atoms with E-state index in [2.05, 4.69) is 15.0 Å². The summed E-state index contributed by atoms with van der Waals surface area (Å²) in [6, 6.07) is 6.76. The van der Waals surface area contributed by atoms with Gasteiger partial charge in [-0.15, -0.1) is 0 Å². The van der Waals surface area contributed by atoms with Crippen LogP contribution in [0.4, 0.5) is 0 Å². The van der Waals surface area contributed by atoms with E-state index >= 15 is 0 Å². The minimum absolute atomic E-state index is 0.00852. The van der Waals surface area contributed by atoms with E-state index in [0.29, 0.717) is 10.9 Å². The molecule has 3 aromatic rings. The summed E-state index contributed by atoms with van der Waals surface area (Å²) < 4.78 is 0. The highest BCUT2D eigenvalue weighted by molar-refractivity contribution is 6.14. The zero-order chi connectivity index (χ0) is 13.6. The largest absolute Gasteiger partial charge is 0.366 e. The number of hydrogen-bond acceptors (Lipinski definition) is 4. The van der Waals surface area contributed by atoms with Crippen molar-refractivity contribution in [1.29, 1.82) is 0 Å². The smallest absolute Gasteiger partial charge is 0.327 e. The minimum Gasteiger partial charge on any atom is -0.366 e. The quantitative estimate of drug-likeness (QED) is 0.524. The normalized spacial score (nSPS) is 10.9. The van der Waals surface area contributed by atoms with Crippen LogP contribution in [-0.4, -0.2) is 20.9 Å². The second-order valence-corrected chi connectivity index (χ2v) is 4.00. The number of pyridine rings is 1. The van der Waals surface area contributed by atoms with Crippen LogP contribution >= 0.6 is 0 Å². The Hall–Kier alpha value is -2.96. The van der Waals surface area contributed by atoms with Crippen LogP contribution in [0.25, 0.3) is 21.9 Å². The van der Waals surface area contributed by atoms with E-state index in [-0.39, 0.29) is 16.6 Å². The van der Waals surface area contributed by atoms with E-state index in [1.807, 2.05) is 0 Å². The van der Waals surface area contributed by atoms with Gasteiger partial charge in [0, 0.05) is 5.39 Å². The number of carbonyl (C=O) groups excluding carboxylic acids is 1. The lowest BCUT2D eigenvalue weighted by Gasteiger charge is -2.06. The molecule has 1 amide bonds. The highest BCUT2D eigenvalue weighted by Gasteiger charge is 2.16. The van der Waals surface area contributed by atoms with Gasteiger partial charge in [-0.25, -0.2) is 9.78 Å². The van der Waals surface area contributed by atoms with Crippen molar-refractivity contribution in [2.75, 3.05) is 0 Å². The molecule has 2 aromatic heterocycles. The fraction of sp³-hybridized carbons (Fsp3) is 0. The molecule has 94 valence electrons. The summed E-state index contributed by atoms with van der Waals surface area (Å²) in [5, 5.41) is 0.464. The fourth-order valence-corrected chi connectivity index (χ4v) is 2.08. The fourth-order valence-electron chi connectivity index (χ4n) is 2.08. The first kappa shape index (κ1) is 11.1. The second-order valence-electron chi connectivity index (χ2n) is 4.00. The van der Waals surface area contributed by atoms with E-state index < -0.39 is 17.2 Å². The Balaban J connectivity index is 2.72. The van der Waals surface area contributed by atoms with E-state index in [0.717, 1.165) is 0 Å². The molecule has 0 atom stereocenters. The molecule has 0 aliphatic heterocycles. The number of primary amides is 1. The van der Waals surface area contributed by atoms with Crippen LogP contribution in [0.3, 0.4) is 0 Å². The molecule has 7 heteroatoms. The molecular weight excluding hydrogens is 248 g/mol. The zero-order valence-electron chi connectivity index (χ0n) is 9.56. The third-order valence-corrected chi connectivity index (χ3v) is 2.82. The SMILES string of the molecule is NC(=O)c1c2ccccc2nc2[nH]c(=O)[nH]c(=O)c12. The highest BCUT2D eigenvalue weighted by Crippen LogP contribution is 2.21. The van der Waals surface area contributed by atoms with Gasteiger partial charge < -0.3 is 5.73 Å². The molecule has 0 saturated heterocycles. The maximum Gasteiger partial charge on any atom is 0.327 e. The number of rotatable bonds is 1. The predicted octanol–water partition coefficient (Wildman–Crippen LogP) is -0.137. The summed E-state index contributed by atoms with van der Waals surface area (Å²) in [5.74, 6) is -0.749. The first-order chi connectivity index (χ1) is 9.08. The van der Waals surface area contributed by atoms with Gasteiger partial charge in [-0.2, -0.15) is 0 Å². The molecule has 1 aromatic carbocycles. The molecule has 19 heavy (non-hydrogen) atoms. The molecule has 0 bridgehead atoms. The molecule has 0 radical (unpaired) electrons. The first-order valence-corrected chi connectivity index (χ1v) is 5.43. The van der Waals surface area contributed by atoms with E-state index in [1.54, 1.807) is 24.3 Å². The number of aromatic amines is 2. The lowest BCUT2D eigenvalue weighted by atomic mass is 10.1. The number of aromatic nitrogens is 3. The van der Waals surface area contributed by atoms with Crippen molar-refractivity contribution in [3.05, 3.63) is 50.7 Å². The minimum atomic E-state index is -0.749. The van der Waals surface area contributed by atoms with Crippen molar-refractivity contribution in [3.63, 3.8) is 0 Å². The number of para-hydroxylation sites is 1. The van der Waals surface area contributed by atoms with Crippen LogP contribution in [0.1, 0.15) is 10.4 Å². The Bertz CT molecular complexity index is 939. The Morgan fingerprint density at radius 2 is 1.89 bits per heavy atom. The number of nitrogens with one attached hydrogen (secondary N) is 2. The molecule has 4 N–H and O–H groups in total.